The number of para-hydroxylation sites is 2. The highest BCUT2D eigenvalue weighted by molar-refractivity contribution is 6.14. The van der Waals surface area contributed by atoms with Gasteiger partial charge in [0.1, 0.15) is 11.2 Å². The van der Waals surface area contributed by atoms with Crippen LogP contribution in [-0.4, -0.2) is 4.57 Å². The van der Waals surface area contributed by atoms with Crippen LogP contribution in [-0.2, 0) is 0 Å². The Morgan fingerprint density at radius 1 is 0.364 bits per heavy atom. The van der Waals surface area contributed by atoms with E-state index < -0.39 is 0 Å². The van der Waals surface area contributed by atoms with Gasteiger partial charge < -0.3 is 13.9 Å². The highest BCUT2D eigenvalue weighted by atomic mass is 16.3. The number of hydrogen-bond donors (Lipinski definition) is 0. The molecule has 0 aliphatic heterocycles. The average molecular weight is 703 g/mol. The van der Waals surface area contributed by atoms with Crippen LogP contribution in [0.15, 0.2) is 211 Å². The molecule has 0 aliphatic carbocycles. The van der Waals surface area contributed by atoms with Crippen LogP contribution in [0.4, 0.5) is 17.1 Å². The molecule has 3 heteroatoms. The van der Waals surface area contributed by atoms with Crippen molar-refractivity contribution in [1.29, 1.82) is 0 Å². The maximum absolute atomic E-state index is 6.23. The molecule has 258 valence electrons. The standard InChI is InChI=1S/C52H34N2O/c1-2-11-35(12-3-1)36-21-25-40(26-22-36)53(41-27-23-37(24-28-41)44-17-10-20-51-52(44)46-16-7-9-19-50(46)55-51)42-29-31-43(32-30-42)54-48-18-8-6-15-45(48)47-33-38-13-4-5-14-39(38)34-49(47)54/h1-34H. The van der Waals surface area contributed by atoms with E-state index >= 15 is 0 Å². The third-order valence-electron chi connectivity index (χ3n) is 11.0. The van der Waals surface area contributed by atoms with Crippen molar-refractivity contribution in [2.24, 2.45) is 0 Å². The first kappa shape index (κ1) is 31.2. The third-order valence-corrected chi connectivity index (χ3v) is 11.0. The van der Waals surface area contributed by atoms with Crippen LogP contribution in [0.3, 0.4) is 0 Å². The average Bonchev–Trinajstić information content (AvgIpc) is 3.80. The van der Waals surface area contributed by atoms with E-state index in [2.05, 4.69) is 204 Å². The van der Waals surface area contributed by atoms with Gasteiger partial charge in [0.25, 0.3) is 0 Å². The predicted octanol–water partition coefficient (Wildman–Crippen LogP) is 14.6. The van der Waals surface area contributed by atoms with Crippen LogP contribution in [0.5, 0.6) is 0 Å². The molecule has 9 aromatic carbocycles. The van der Waals surface area contributed by atoms with Gasteiger partial charge in [-0.3, -0.25) is 0 Å². The first-order valence-electron chi connectivity index (χ1n) is 18.8. The fraction of sp³-hybridized carbons (Fsp3) is 0. The number of aromatic nitrogens is 1. The van der Waals surface area contributed by atoms with Gasteiger partial charge in [-0.2, -0.15) is 0 Å². The first-order valence-corrected chi connectivity index (χ1v) is 18.8. The van der Waals surface area contributed by atoms with Gasteiger partial charge in [-0.1, -0.05) is 127 Å². The second-order valence-corrected chi connectivity index (χ2v) is 14.2. The van der Waals surface area contributed by atoms with Crippen molar-refractivity contribution >= 4 is 71.6 Å². The van der Waals surface area contributed by atoms with Gasteiger partial charge in [-0.15, -0.1) is 0 Å². The van der Waals surface area contributed by atoms with Crippen LogP contribution in [0, 0.1) is 0 Å². The molecule has 0 N–H and O–H groups in total. The summed E-state index contributed by atoms with van der Waals surface area (Å²) in [6.45, 7) is 0. The number of benzene rings is 9. The zero-order valence-electron chi connectivity index (χ0n) is 29.9. The fourth-order valence-corrected chi connectivity index (χ4v) is 8.37. The van der Waals surface area contributed by atoms with E-state index in [-0.39, 0.29) is 0 Å². The lowest BCUT2D eigenvalue weighted by Gasteiger charge is -2.26. The van der Waals surface area contributed by atoms with E-state index in [1.807, 2.05) is 12.1 Å². The lowest BCUT2D eigenvalue weighted by molar-refractivity contribution is 0.669. The Labute approximate surface area is 318 Å². The molecule has 11 aromatic rings. The Kier molecular flexibility index (Phi) is 7.17. The van der Waals surface area contributed by atoms with Gasteiger partial charge in [-0.25, -0.2) is 0 Å². The van der Waals surface area contributed by atoms with Crippen molar-refractivity contribution in [3.63, 3.8) is 0 Å². The summed E-state index contributed by atoms with van der Waals surface area (Å²) in [5, 5.41) is 7.29. The minimum Gasteiger partial charge on any atom is -0.456 e. The van der Waals surface area contributed by atoms with Crippen molar-refractivity contribution in [3.8, 4) is 27.9 Å². The Morgan fingerprint density at radius 3 is 1.67 bits per heavy atom. The Morgan fingerprint density at radius 2 is 0.927 bits per heavy atom. The topological polar surface area (TPSA) is 21.3 Å². The molecule has 0 saturated carbocycles. The monoisotopic (exact) mass is 702 g/mol. The first-order chi connectivity index (χ1) is 27.3. The molecule has 0 unspecified atom stereocenters. The van der Waals surface area contributed by atoms with E-state index in [4.69, 9.17) is 4.42 Å². The minimum absolute atomic E-state index is 0.902. The molecule has 3 nitrogen and oxygen atoms in total. The maximum Gasteiger partial charge on any atom is 0.136 e. The highest BCUT2D eigenvalue weighted by Gasteiger charge is 2.18. The van der Waals surface area contributed by atoms with Gasteiger partial charge in [0.2, 0.25) is 0 Å². The molecule has 55 heavy (non-hydrogen) atoms. The van der Waals surface area contributed by atoms with Crippen LogP contribution in [0.25, 0.3) is 82.5 Å². The Hall–Kier alpha value is -7.36. The highest BCUT2D eigenvalue weighted by Crippen LogP contribution is 2.41. The van der Waals surface area contributed by atoms with E-state index in [9.17, 15) is 0 Å². The number of fused-ring (bicyclic) bond motifs is 7. The molecule has 0 bridgehead atoms. The van der Waals surface area contributed by atoms with Gasteiger partial charge in [0, 0.05) is 44.3 Å². The molecule has 0 saturated heterocycles. The summed E-state index contributed by atoms with van der Waals surface area (Å²) in [4.78, 5) is 2.34. The normalized spacial score (nSPS) is 11.6. The minimum atomic E-state index is 0.902. The lowest BCUT2D eigenvalue weighted by Crippen LogP contribution is -2.10. The molecular formula is C52H34N2O. The summed E-state index contributed by atoms with van der Waals surface area (Å²) in [6.07, 6.45) is 0. The fourth-order valence-electron chi connectivity index (χ4n) is 8.37. The van der Waals surface area contributed by atoms with E-state index in [0.717, 1.165) is 55.8 Å². The Bertz CT molecular complexity index is 3170. The summed E-state index contributed by atoms with van der Waals surface area (Å²) < 4.78 is 8.62. The molecule has 0 spiro atoms. The molecule has 2 aromatic heterocycles. The number of hydrogen-bond acceptors (Lipinski definition) is 2. The van der Waals surface area contributed by atoms with Gasteiger partial charge in [-0.05, 0) is 112 Å². The molecule has 0 radical (unpaired) electrons. The largest absolute Gasteiger partial charge is 0.456 e. The zero-order chi connectivity index (χ0) is 36.3. The van der Waals surface area contributed by atoms with Crippen LogP contribution < -0.4 is 4.90 Å². The van der Waals surface area contributed by atoms with Gasteiger partial charge >= 0.3 is 0 Å². The molecule has 0 aliphatic rings. The Balaban J connectivity index is 1.03. The van der Waals surface area contributed by atoms with Crippen molar-refractivity contribution in [2.75, 3.05) is 4.90 Å². The van der Waals surface area contributed by atoms with Crippen LogP contribution >= 0.6 is 0 Å². The molecule has 11 rings (SSSR count). The van der Waals surface area contributed by atoms with Crippen molar-refractivity contribution in [1.82, 2.24) is 4.57 Å². The van der Waals surface area contributed by atoms with Gasteiger partial charge in [0.15, 0.2) is 0 Å². The quantitative estimate of drug-likeness (QED) is 0.172. The number of anilines is 3. The van der Waals surface area contributed by atoms with Crippen LogP contribution in [0.2, 0.25) is 0 Å². The number of furan rings is 1. The van der Waals surface area contributed by atoms with E-state index in [1.165, 1.54) is 43.7 Å². The summed E-state index contributed by atoms with van der Waals surface area (Å²) in [7, 11) is 0. The van der Waals surface area contributed by atoms with E-state index in [1.54, 1.807) is 0 Å². The van der Waals surface area contributed by atoms with Gasteiger partial charge in [0.05, 0.1) is 11.0 Å². The summed E-state index contributed by atoms with van der Waals surface area (Å²) in [6, 6.07) is 74.0. The smallest absolute Gasteiger partial charge is 0.136 e. The lowest BCUT2D eigenvalue weighted by atomic mass is 9.99. The second kappa shape index (κ2) is 12.6. The van der Waals surface area contributed by atoms with Crippen molar-refractivity contribution < 1.29 is 4.42 Å². The summed E-state index contributed by atoms with van der Waals surface area (Å²) >= 11 is 0. The zero-order valence-corrected chi connectivity index (χ0v) is 29.9. The molecule has 0 amide bonds. The third kappa shape index (κ3) is 5.20. The maximum atomic E-state index is 6.23. The predicted molar refractivity (Wildman–Crippen MR) is 231 cm³/mol. The summed E-state index contributed by atoms with van der Waals surface area (Å²) in [5.74, 6) is 0. The molecule has 0 atom stereocenters. The van der Waals surface area contributed by atoms with E-state index in [0.29, 0.717) is 0 Å². The second-order valence-electron chi connectivity index (χ2n) is 14.2. The molecule has 0 fully saturated rings. The van der Waals surface area contributed by atoms with Crippen molar-refractivity contribution in [3.05, 3.63) is 206 Å². The SMILES string of the molecule is c1ccc(-c2ccc(N(c3ccc(-c4cccc5oc6ccccc6c45)cc3)c3ccc(-n4c5ccccc5c5cc6ccccc6cc54)cc3)cc2)cc1. The number of nitrogens with zero attached hydrogens (tertiary/aromatic N) is 2. The molecular weight excluding hydrogens is 669 g/mol. The molecule has 2 heterocycles. The van der Waals surface area contributed by atoms with Crippen molar-refractivity contribution in [2.45, 2.75) is 0 Å². The van der Waals surface area contributed by atoms with Crippen LogP contribution in [0.1, 0.15) is 0 Å². The number of rotatable bonds is 6. The summed E-state index contributed by atoms with van der Waals surface area (Å²) in [5.41, 5.74) is 13.3.